The van der Waals surface area contributed by atoms with Crippen LogP contribution in [0.3, 0.4) is 0 Å². The second-order valence-electron chi connectivity index (χ2n) is 5.98. The Kier molecular flexibility index (Phi) is 4.50. The Morgan fingerprint density at radius 3 is 2.65 bits per heavy atom. The Labute approximate surface area is 134 Å². The fourth-order valence-electron chi connectivity index (χ4n) is 3.10. The lowest BCUT2D eigenvalue weighted by Gasteiger charge is -2.31. The molecule has 1 aromatic heterocycles. The van der Waals surface area contributed by atoms with Gasteiger partial charge in [-0.2, -0.15) is 0 Å². The molecule has 23 heavy (non-hydrogen) atoms. The van der Waals surface area contributed by atoms with Gasteiger partial charge < -0.3 is 19.9 Å². The Balaban J connectivity index is 1.53. The monoisotopic (exact) mass is 315 g/mol. The van der Waals surface area contributed by atoms with Crippen molar-refractivity contribution in [1.82, 2.24) is 9.47 Å². The maximum Gasteiger partial charge on any atom is 0.410 e. The molecule has 0 aliphatic carbocycles. The van der Waals surface area contributed by atoms with E-state index >= 15 is 0 Å². The van der Waals surface area contributed by atoms with E-state index < -0.39 is 12.0 Å². The number of piperidine rings is 1. The Morgan fingerprint density at radius 2 is 1.91 bits per heavy atom. The van der Waals surface area contributed by atoms with Crippen LogP contribution in [-0.4, -0.2) is 41.2 Å². The number of nitrogens with two attached hydrogens (primary N) is 1. The van der Waals surface area contributed by atoms with Crippen molar-refractivity contribution in [1.29, 1.82) is 0 Å². The first-order chi connectivity index (χ1) is 11.1. The highest BCUT2D eigenvalue weighted by molar-refractivity contribution is 5.80. The van der Waals surface area contributed by atoms with E-state index in [2.05, 4.69) is 35.0 Å². The normalized spacial score (nSPS) is 15.7. The van der Waals surface area contributed by atoms with Crippen LogP contribution in [-0.2, 0) is 16.1 Å². The first-order valence-corrected chi connectivity index (χ1v) is 7.87. The third-order valence-corrected chi connectivity index (χ3v) is 4.35. The van der Waals surface area contributed by atoms with Crippen molar-refractivity contribution >= 4 is 22.9 Å². The molecule has 122 valence electrons. The minimum absolute atomic E-state index is 0.353. The van der Waals surface area contributed by atoms with Gasteiger partial charge in [0.15, 0.2) is 6.61 Å². The van der Waals surface area contributed by atoms with Crippen LogP contribution in [0.15, 0.2) is 36.5 Å². The molecule has 0 radical (unpaired) electrons. The third kappa shape index (κ3) is 3.64. The number of amides is 2. The minimum Gasteiger partial charge on any atom is -0.439 e. The van der Waals surface area contributed by atoms with Crippen LogP contribution in [0.4, 0.5) is 4.79 Å². The number of primary amides is 1. The molecule has 1 saturated heterocycles. The summed E-state index contributed by atoms with van der Waals surface area (Å²) in [7, 11) is 0. The number of hydrogen-bond donors (Lipinski definition) is 1. The van der Waals surface area contributed by atoms with E-state index in [9.17, 15) is 9.59 Å². The maximum atomic E-state index is 11.8. The van der Waals surface area contributed by atoms with E-state index in [1.165, 1.54) is 10.9 Å². The average molecular weight is 315 g/mol. The second-order valence-corrected chi connectivity index (χ2v) is 5.98. The number of carbonyl (C=O) groups excluding carboxylic acids is 2. The Bertz CT molecular complexity index is 702. The highest BCUT2D eigenvalue weighted by Gasteiger charge is 2.24. The van der Waals surface area contributed by atoms with E-state index in [-0.39, 0.29) is 6.61 Å². The number of hydrogen-bond acceptors (Lipinski definition) is 3. The second kappa shape index (κ2) is 6.73. The number of rotatable bonds is 4. The molecule has 2 heterocycles. The zero-order chi connectivity index (χ0) is 16.2. The molecular formula is C17H21N3O3. The van der Waals surface area contributed by atoms with Crippen LogP contribution in [0.25, 0.3) is 10.9 Å². The molecule has 0 saturated carbocycles. The number of ether oxygens (including phenoxy) is 1. The van der Waals surface area contributed by atoms with Gasteiger partial charge in [0.2, 0.25) is 0 Å². The number of benzene rings is 1. The van der Waals surface area contributed by atoms with E-state index in [0.717, 1.165) is 19.4 Å². The standard InChI is InChI=1S/C17H21N3O3/c18-16(21)12-23-17(22)19-8-5-13(6-9-19)11-20-10-7-14-3-1-2-4-15(14)20/h1-4,7,10,13H,5-6,8-9,11-12H2,(H2,18,21). The van der Waals surface area contributed by atoms with E-state index in [1.807, 2.05) is 6.07 Å². The molecule has 2 N–H and O–H groups in total. The fourth-order valence-corrected chi connectivity index (χ4v) is 3.10. The van der Waals surface area contributed by atoms with E-state index in [0.29, 0.717) is 19.0 Å². The maximum absolute atomic E-state index is 11.8. The molecular weight excluding hydrogens is 294 g/mol. The number of aromatic nitrogens is 1. The topological polar surface area (TPSA) is 77.6 Å². The first kappa shape index (κ1) is 15.4. The number of carbonyl (C=O) groups is 2. The average Bonchev–Trinajstić information content (AvgIpc) is 2.96. The Hall–Kier alpha value is -2.50. The highest BCUT2D eigenvalue weighted by atomic mass is 16.6. The summed E-state index contributed by atoms with van der Waals surface area (Å²) in [4.78, 5) is 24.1. The van der Waals surface area contributed by atoms with Crippen molar-refractivity contribution in [3.63, 3.8) is 0 Å². The molecule has 0 atom stereocenters. The molecule has 0 unspecified atom stereocenters. The molecule has 1 fully saturated rings. The molecule has 1 aromatic carbocycles. The summed E-state index contributed by atoms with van der Waals surface area (Å²) in [6, 6.07) is 10.5. The van der Waals surface area contributed by atoms with Crippen molar-refractivity contribution in [3.8, 4) is 0 Å². The van der Waals surface area contributed by atoms with Gasteiger partial charge >= 0.3 is 6.09 Å². The van der Waals surface area contributed by atoms with Crippen molar-refractivity contribution in [2.75, 3.05) is 19.7 Å². The molecule has 1 aliphatic rings. The van der Waals surface area contributed by atoms with Gasteiger partial charge in [-0.25, -0.2) is 4.79 Å². The van der Waals surface area contributed by atoms with Gasteiger partial charge in [-0.1, -0.05) is 18.2 Å². The number of para-hydroxylation sites is 1. The van der Waals surface area contributed by atoms with Crippen LogP contribution < -0.4 is 5.73 Å². The van der Waals surface area contributed by atoms with Crippen LogP contribution in [0.2, 0.25) is 0 Å². The molecule has 1 aliphatic heterocycles. The van der Waals surface area contributed by atoms with Crippen molar-refractivity contribution in [2.45, 2.75) is 19.4 Å². The van der Waals surface area contributed by atoms with E-state index in [4.69, 9.17) is 10.5 Å². The van der Waals surface area contributed by atoms with Crippen molar-refractivity contribution in [3.05, 3.63) is 36.5 Å². The van der Waals surface area contributed by atoms with Gasteiger partial charge in [-0.3, -0.25) is 4.79 Å². The van der Waals surface area contributed by atoms with Gasteiger partial charge in [0, 0.05) is 31.3 Å². The summed E-state index contributed by atoms with van der Waals surface area (Å²) >= 11 is 0. The number of likely N-dealkylation sites (tertiary alicyclic amines) is 1. The lowest BCUT2D eigenvalue weighted by atomic mass is 9.97. The molecule has 3 rings (SSSR count). The summed E-state index contributed by atoms with van der Waals surface area (Å²) in [5, 5.41) is 1.25. The third-order valence-electron chi connectivity index (χ3n) is 4.35. The van der Waals surface area contributed by atoms with Crippen molar-refractivity contribution < 1.29 is 14.3 Å². The zero-order valence-electron chi connectivity index (χ0n) is 13.0. The largest absolute Gasteiger partial charge is 0.439 e. The zero-order valence-corrected chi connectivity index (χ0v) is 13.0. The molecule has 0 spiro atoms. The lowest BCUT2D eigenvalue weighted by Crippen LogP contribution is -2.40. The van der Waals surface area contributed by atoms with Crippen LogP contribution in [0, 0.1) is 5.92 Å². The van der Waals surface area contributed by atoms with Gasteiger partial charge in [0.05, 0.1) is 0 Å². The highest BCUT2D eigenvalue weighted by Crippen LogP contribution is 2.23. The SMILES string of the molecule is NC(=O)COC(=O)N1CCC(Cn2ccc3ccccc32)CC1. The summed E-state index contributed by atoms with van der Waals surface area (Å²) in [6.45, 7) is 1.91. The van der Waals surface area contributed by atoms with Crippen LogP contribution >= 0.6 is 0 Å². The summed E-state index contributed by atoms with van der Waals surface area (Å²) in [6.07, 6.45) is 3.53. The van der Waals surface area contributed by atoms with Crippen LogP contribution in [0.5, 0.6) is 0 Å². The van der Waals surface area contributed by atoms with Gasteiger partial charge in [0.25, 0.3) is 5.91 Å². The minimum atomic E-state index is -0.632. The number of nitrogens with zero attached hydrogens (tertiary/aromatic N) is 2. The molecule has 2 amide bonds. The fraction of sp³-hybridized carbons (Fsp3) is 0.412. The van der Waals surface area contributed by atoms with Gasteiger partial charge in [-0.15, -0.1) is 0 Å². The molecule has 0 bridgehead atoms. The smallest absolute Gasteiger partial charge is 0.410 e. The molecule has 2 aromatic rings. The predicted molar refractivity (Wildman–Crippen MR) is 86.8 cm³/mol. The number of fused-ring (bicyclic) bond motifs is 1. The van der Waals surface area contributed by atoms with Crippen molar-refractivity contribution in [2.24, 2.45) is 11.7 Å². The van der Waals surface area contributed by atoms with Crippen LogP contribution in [0.1, 0.15) is 12.8 Å². The molecule has 6 nitrogen and oxygen atoms in total. The summed E-state index contributed by atoms with van der Waals surface area (Å²) in [5.74, 6) is -0.0984. The summed E-state index contributed by atoms with van der Waals surface area (Å²) < 4.78 is 7.13. The van der Waals surface area contributed by atoms with Gasteiger partial charge in [0.1, 0.15) is 0 Å². The Morgan fingerprint density at radius 1 is 1.17 bits per heavy atom. The lowest BCUT2D eigenvalue weighted by molar-refractivity contribution is -0.121. The summed E-state index contributed by atoms with van der Waals surface area (Å²) in [5.41, 5.74) is 6.22. The predicted octanol–water partition coefficient (Wildman–Crippen LogP) is 1.98. The first-order valence-electron chi connectivity index (χ1n) is 7.87. The molecule has 6 heteroatoms. The quantitative estimate of drug-likeness (QED) is 0.937. The van der Waals surface area contributed by atoms with Gasteiger partial charge in [-0.05, 0) is 36.3 Å². The van der Waals surface area contributed by atoms with E-state index in [1.54, 1.807) is 4.90 Å².